The molecule has 0 spiro atoms. The largest absolute Gasteiger partial charge is 0.497 e. The Hall–Kier alpha value is -2.50. The Labute approximate surface area is 140 Å². The van der Waals surface area contributed by atoms with Crippen LogP contribution in [0.25, 0.3) is 0 Å². The SMILES string of the molecule is CCOC(=O)[C@H]1C=C(C(=O)OC)[C@@H]2COc3ccc(OC)cc3[C@H]12. The molecule has 1 aliphatic heterocycles. The Bertz CT molecular complexity index is 693. The highest BCUT2D eigenvalue weighted by Crippen LogP contribution is 2.50. The van der Waals surface area contributed by atoms with Gasteiger partial charge in [-0.3, -0.25) is 4.79 Å². The molecule has 24 heavy (non-hydrogen) atoms. The maximum atomic E-state index is 12.4. The molecule has 0 N–H and O–H groups in total. The number of esters is 2. The van der Waals surface area contributed by atoms with Crippen molar-refractivity contribution in [2.45, 2.75) is 12.8 Å². The second-order valence-electron chi connectivity index (χ2n) is 5.74. The Kier molecular flexibility index (Phi) is 4.46. The van der Waals surface area contributed by atoms with E-state index in [9.17, 15) is 9.59 Å². The van der Waals surface area contributed by atoms with Gasteiger partial charge in [0.15, 0.2) is 0 Å². The first-order chi connectivity index (χ1) is 11.6. The minimum Gasteiger partial charge on any atom is -0.497 e. The van der Waals surface area contributed by atoms with Gasteiger partial charge in [0.05, 0.1) is 33.4 Å². The van der Waals surface area contributed by atoms with Crippen molar-refractivity contribution in [3.05, 3.63) is 35.4 Å². The first kappa shape index (κ1) is 16.4. The van der Waals surface area contributed by atoms with Gasteiger partial charge in [-0.05, 0) is 25.1 Å². The summed E-state index contributed by atoms with van der Waals surface area (Å²) in [4.78, 5) is 24.5. The fraction of sp³-hybridized carbons (Fsp3) is 0.444. The van der Waals surface area contributed by atoms with E-state index in [4.69, 9.17) is 18.9 Å². The van der Waals surface area contributed by atoms with Crippen molar-refractivity contribution < 1.29 is 28.5 Å². The Morgan fingerprint density at radius 2 is 2.08 bits per heavy atom. The van der Waals surface area contributed by atoms with Crippen molar-refractivity contribution in [3.8, 4) is 11.5 Å². The quantitative estimate of drug-likeness (QED) is 0.786. The molecule has 0 fully saturated rings. The summed E-state index contributed by atoms with van der Waals surface area (Å²) in [5.74, 6) is -0.422. The molecule has 1 aromatic rings. The van der Waals surface area contributed by atoms with Crippen LogP contribution >= 0.6 is 0 Å². The molecule has 0 radical (unpaired) electrons. The van der Waals surface area contributed by atoms with Gasteiger partial charge in [-0.1, -0.05) is 6.08 Å². The lowest BCUT2D eigenvalue weighted by Gasteiger charge is -2.32. The third-order valence-electron chi connectivity index (χ3n) is 4.55. The zero-order valence-corrected chi connectivity index (χ0v) is 13.9. The number of hydrogen-bond donors (Lipinski definition) is 0. The number of hydrogen-bond acceptors (Lipinski definition) is 6. The van der Waals surface area contributed by atoms with E-state index in [1.807, 2.05) is 18.2 Å². The summed E-state index contributed by atoms with van der Waals surface area (Å²) >= 11 is 0. The maximum absolute atomic E-state index is 12.4. The molecule has 0 bridgehead atoms. The fourth-order valence-corrected chi connectivity index (χ4v) is 3.48. The van der Waals surface area contributed by atoms with Crippen LogP contribution in [0.2, 0.25) is 0 Å². The molecular formula is C18H20O6. The van der Waals surface area contributed by atoms with E-state index in [0.717, 1.165) is 5.56 Å². The number of carbonyl (C=O) groups is 2. The van der Waals surface area contributed by atoms with Gasteiger partial charge < -0.3 is 18.9 Å². The lowest BCUT2D eigenvalue weighted by Crippen LogP contribution is -2.32. The first-order valence-electron chi connectivity index (χ1n) is 7.88. The fourth-order valence-electron chi connectivity index (χ4n) is 3.48. The Morgan fingerprint density at radius 1 is 1.29 bits per heavy atom. The van der Waals surface area contributed by atoms with Crippen LogP contribution in [0.1, 0.15) is 18.4 Å². The third-order valence-corrected chi connectivity index (χ3v) is 4.55. The van der Waals surface area contributed by atoms with Crippen LogP contribution in [0.4, 0.5) is 0 Å². The molecule has 3 rings (SSSR count). The van der Waals surface area contributed by atoms with Crippen LogP contribution in [-0.4, -0.2) is 39.4 Å². The van der Waals surface area contributed by atoms with Gasteiger partial charge >= 0.3 is 11.9 Å². The Morgan fingerprint density at radius 3 is 2.75 bits per heavy atom. The van der Waals surface area contributed by atoms with E-state index in [1.54, 1.807) is 20.1 Å². The molecule has 1 heterocycles. The van der Waals surface area contributed by atoms with Gasteiger partial charge in [-0.2, -0.15) is 0 Å². The highest BCUT2D eigenvalue weighted by molar-refractivity contribution is 5.92. The van der Waals surface area contributed by atoms with E-state index < -0.39 is 11.9 Å². The van der Waals surface area contributed by atoms with Crippen LogP contribution in [0.5, 0.6) is 11.5 Å². The molecule has 3 atom stereocenters. The zero-order valence-electron chi connectivity index (χ0n) is 13.9. The lowest BCUT2D eigenvalue weighted by molar-refractivity contribution is -0.147. The van der Waals surface area contributed by atoms with Gasteiger partial charge in [0.2, 0.25) is 0 Å². The van der Waals surface area contributed by atoms with Gasteiger partial charge in [-0.25, -0.2) is 4.79 Å². The minimum absolute atomic E-state index is 0.225. The van der Waals surface area contributed by atoms with Crippen LogP contribution in [0.15, 0.2) is 29.8 Å². The number of carbonyl (C=O) groups excluding carboxylic acids is 2. The maximum Gasteiger partial charge on any atom is 0.333 e. The van der Waals surface area contributed by atoms with Crippen molar-refractivity contribution in [1.82, 2.24) is 0 Å². The predicted octanol–water partition coefficient (Wildman–Crippen LogP) is 2.08. The van der Waals surface area contributed by atoms with Gasteiger partial charge in [-0.15, -0.1) is 0 Å². The van der Waals surface area contributed by atoms with Crippen molar-refractivity contribution >= 4 is 11.9 Å². The van der Waals surface area contributed by atoms with Crippen molar-refractivity contribution in [2.75, 3.05) is 27.4 Å². The normalized spacial score (nSPS) is 24.1. The number of fused-ring (bicyclic) bond motifs is 3. The van der Waals surface area contributed by atoms with E-state index in [2.05, 4.69) is 0 Å². The molecule has 0 amide bonds. The molecule has 128 valence electrons. The summed E-state index contributed by atoms with van der Waals surface area (Å²) in [6, 6.07) is 5.48. The predicted molar refractivity (Wildman–Crippen MR) is 84.9 cm³/mol. The first-order valence-corrected chi connectivity index (χ1v) is 7.88. The average Bonchev–Trinajstić information content (AvgIpc) is 3.01. The smallest absolute Gasteiger partial charge is 0.333 e. The third kappa shape index (κ3) is 2.62. The van der Waals surface area contributed by atoms with E-state index >= 15 is 0 Å². The molecule has 1 aliphatic carbocycles. The molecular weight excluding hydrogens is 312 g/mol. The van der Waals surface area contributed by atoms with Gasteiger partial charge in [0.1, 0.15) is 11.5 Å². The monoisotopic (exact) mass is 332 g/mol. The minimum atomic E-state index is -0.543. The Balaban J connectivity index is 2.05. The molecule has 0 unspecified atom stereocenters. The molecule has 0 aromatic heterocycles. The summed E-state index contributed by atoms with van der Waals surface area (Å²) < 4.78 is 21.1. The highest BCUT2D eigenvalue weighted by atomic mass is 16.5. The summed E-state index contributed by atoms with van der Waals surface area (Å²) in [6.45, 7) is 2.37. The lowest BCUT2D eigenvalue weighted by atomic mass is 9.79. The van der Waals surface area contributed by atoms with Crippen LogP contribution < -0.4 is 9.47 Å². The van der Waals surface area contributed by atoms with Crippen molar-refractivity contribution in [1.29, 1.82) is 0 Å². The second kappa shape index (κ2) is 6.55. The molecule has 6 heteroatoms. The van der Waals surface area contributed by atoms with Gasteiger partial charge in [0, 0.05) is 23.0 Å². The number of ether oxygens (including phenoxy) is 4. The van der Waals surface area contributed by atoms with Crippen LogP contribution in [0, 0.1) is 11.8 Å². The van der Waals surface area contributed by atoms with E-state index in [-0.39, 0.29) is 24.4 Å². The second-order valence-corrected chi connectivity index (χ2v) is 5.74. The zero-order chi connectivity index (χ0) is 17.3. The topological polar surface area (TPSA) is 71.1 Å². The molecule has 1 aromatic carbocycles. The standard InChI is InChI=1S/C18H20O6/c1-4-23-18(20)13-8-11(17(19)22-3)14-9-24-15-6-5-10(21-2)7-12(15)16(13)14/h5-8,13-14,16H,4,9H2,1-3H3/t13-,14-,16+/m0/s1. The van der Waals surface area contributed by atoms with Crippen LogP contribution in [-0.2, 0) is 19.1 Å². The van der Waals surface area contributed by atoms with Crippen LogP contribution in [0.3, 0.4) is 0 Å². The molecule has 6 nitrogen and oxygen atoms in total. The number of methoxy groups -OCH3 is 2. The average molecular weight is 332 g/mol. The molecule has 2 aliphatic rings. The van der Waals surface area contributed by atoms with Crippen molar-refractivity contribution in [2.24, 2.45) is 11.8 Å². The molecule has 0 saturated carbocycles. The van der Waals surface area contributed by atoms with Crippen molar-refractivity contribution in [3.63, 3.8) is 0 Å². The summed E-state index contributed by atoms with van der Waals surface area (Å²) in [5, 5.41) is 0. The summed E-state index contributed by atoms with van der Waals surface area (Å²) in [7, 11) is 2.91. The van der Waals surface area contributed by atoms with E-state index in [1.165, 1.54) is 7.11 Å². The summed E-state index contributed by atoms with van der Waals surface area (Å²) in [6.07, 6.45) is 1.66. The van der Waals surface area contributed by atoms with Gasteiger partial charge in [0.25, 0.3) is 0 Å². The number of rotatable bonds is 4. The number of benzene rings is 1. The van der Waals surface area contributed by atoms with E-state index in [0.29, 0.717) is 23.7 Å². The molecule has 0 saturated heterocycles. The highest BCUT2D eigenvalue weighted by Gasteiger charge is 2.48. The summed E-state index contributed by atoms with van der Waals surface area (Å²) in [5.41, 5.74) is 1.31.